The van der Waals surface area contributed by atoms with Crippen LogP contribution in [0.3, 0.4) is 0 Å². The van der Waals surface area contributed by atoms with Gasteiger partial charge >= 0.3 is 0 Å². The molecule has 0 aromatic heterocycles. The monoisotopic (exact) mass is 272 g/mol. The number of rotatable bonds is 5. The van der Waals surface area contributed by atoms with E-state index >= 15 is 0 Å². The van der Waals surface area contributed by atoms with E-state index in [1.807, 2.05) is 6.92 Å². The number of epoxide rings is 1. The Labute approximate surface area is 103 Å². The topological polar surface area (TPSA) is 131 Å². The molecule has 1 heterocycles. The minimum absolute atomic E-state index is 0.0231. The largest absolute Gasteiger partial charge is 0.394 e. The fourth-order valence-electron chi connectivity index (χ4n) is 0.778. The molecular weight excluding hydrogens is 256 g/mol. The van der Waals surface area contributed by atoms with Crippen molar-refractivity contribution in [3.8, 4) is 0 Å². The lowest BCUT2D eigenvalue weighted by Crippen LogP contribution is -2.46. The second-order valence-electron chi connectivity index (χ2n) is 3.55. The zero-order chi connectivity index (χ0) is 13.6. The van der Waals surface area contributed by atoms with Gasteiger partial charge in [0.25, 0.3) is 0 Å². The van der Waals surface area contributed by atoms with Crippen molar-refractivity contribution in [1.82, 2.24) is 0 Å². The molecule has 0 radical (unpaired) electrons. The summed E-state index contributed by atoms with van der Waals surface area (Å²) in [6.07, 6.45) is -6.52. The molecule has 1 aliphatic rings. The van der Waals surface area contributed by atoms with Crippen LogP contribution in [0.25, 0.3) is 0 Å². The van der Waals surface area contributed by atoms with Crippen LogP contribution in [0.1, 0.15) is 6.92 Å². The average Bonchev–Trinajstić information content (AvgIpc) is 2.99. The normalized spacial score (nSPS) is 29.4. The van der Waals surface area contributed by atoms with E-state index in [2.05, 4.69) is 4.74 Å². The van der Waals surface area contributed by atoms with Crippen LogP contribution >= 0.6 is 11.6 Å². The number of hydrogen-bond donors (Lipinski definition) is 5. The van der Waals surface area contributed by atoms with E-state index in [4.69, 9.17) is 37.1 Å². The molecule has 0 bridgehead atoms. The van der Waals surface area contributed by atoms with E-state index < -0.39 is 31.0 Å². The summed E-state index contributed by atoms with van der Waals surface area (Å²) in [6.45, 7) is 1.18. The predicted molar refractivity (Wildman–Crippen MR) is 57.4 cm³/mol. The molecule has 0 aliphatic carbocycles. The fraction of sp³-hybridized carbons (Fsp3) is 0.889. The molecule has 17 heavy (non-hydrogen) atoms. The van der Waals surface area contributed by atoms with Crippen molar-refractivity contribution in [2.75, 3.05) is 6.61 Å². The third-order valence-electron chi connectivity index (χ3n) is 2.06. The lowest BCUT2D eigenvalue weighted by Gasteiger charge is -2.22. The number of hydrogen-bond acceptors (Lipinski definition) is 7. The van der Waals surface area contributed by atoms with Gasteiger partial charge in [-0.05, 0) is 6.92 Å². The number of aliphatic hydroxyl groups excluding tert-OH is 5. The maximum Gasteiger partial charge on any atom is 0.157 e. The van der Waals surface area contributed by atoms with Gasteiger partial charge < -0.3 is 35.1 Å². The zero-order valence-electron chi connectivity index (χ0n) is 9.18. The first-order chi connectivity index (χ1) is 7.84. The van der Waals surface area contributed by atoms with Crippen molar-refractivity contribution in [2.24, 2.45) is 0 Å². The summed E-state index contributed by atoms with van der Waals surface area (Å²) in [5, 5.41) is 43.5. The van der Waals surface area contributed by atoms with Crippen LogP contribution in [-0.4, -0.2) is 74.5 Å². The molecule has 6 atom stereocenters. The standard InChI is InChI=1S/C6H12O6.C3H5ClO/c7-1-3(9)5(11)6(12)4(10)2-8;1-2-3(4)5-2/h1,3-6,8-12H,2H2;2-3H,1H3. The van der Waals surface area contributed by atoms with E-state index in [0.29, 0.717) is 6.10 Å². The maximum atomic E-state index is 9.90. The van der Waals surface area contributed by atoms with Crippen molar-refractivity contribution in [3.05, 3.63) is 0 Å². The van der Waals surface area contributed by atoms with E-state index in [0.717, 1.165) is 0 Å². The lowest BCUT2D eigenvalue weighted by atomic mass is 10.0. The number of alkyl halides is 1. The second kappa shape index (κ2) is 7.93. The van der Waals surface area contributed by atoms with Crippen LogP contribution in [0.5, 0.6) is 0 Å². The fourth-order valence-corrected chi connectivity index (χ4v) is 0.940. The van der Waals surface area contributed by atoms with Crippen molar-refractivity contribution in [1.29, 1.82) is 0 Å². The Morgan fingerprint density at radius 2 is 1.71 bits per heavy atom. The van der Waals surface area contributed by atoms with E-state index in [9.17, 15) is 4.79 Å². The first kappa shape index (κ1) is 16.7. The Balaban J connectivity index is 0.000000419. The Kier molecular flexibility index (Phi) is 7.80. The van der Waals surface area contributed by atoms with Gasteiger partial charge in [0.05, 0.1) is 12.7 Å². The summed E-state index contributed by atoms with van der Waals surface area (Å²) in [7, 11) is 0. The minimum atomic E-state index is -1.79. The van der Waals surface area contributed by atoms with Crippen LogP contribution in [0.2, 0.25) is 0 Å². The van der Waals surface area contributed by atoms with Crippen LogP contribution in [0, 0.1) is 0 Å². The van der Waals surface area contributed by atoms with Gasteiger partial charge in [0.1, 0.15) is 24.4 Å². The highest BCUT2D eigenvalue weighted by Crippen LogP contribution is 2.23. The Hall–Kier alpha value is -0.280. The van der Waals surface area contributed by atoms with Crippen LogP contribution in [-0.2, 0) is 9.53 Å². The third-order valence-corrected chi connectivity index (χ3v) is 2.52. The van der Waals surface area contributed by atoms with E-state index in [1.54, 1.807) is 0 Å². The van der Waals surface area contributed by atoms with Gasteiger partial charge in [0.2, 0.25) is 0 Å². The quantitative estimate of drug-likeness (QED) is 0.214. The summed E-state index contributed by atoms with van der Waals surface area (Å²) in [4.78, 5) is 9.90. The second-order valence-corrected chi connectivity index (χ2v) is 3.98. The zero-order valence-corrected chi connectivity index (χ0v) is 9.94. The molecule has 8 heteroatoms. The SMILES string of the molecule is CC1OC1Cl.O=CC(O)C(O)C(O)C(O)CO. The Morgan fingerprint density at radius 3 is 1.94 bits per heavy atom. The highest BCUT2D eigenvalue weighted by atomic mass is 35.5. The molecule has 6 unspecified atom stereocenters. The molecule has 0 saturated carbocycles. The van der Waals surface area contributed by atoms with Gasteiger partial charge in [-0.3, -0.25) is 0 Å². The smallest absolute Gasteiger partial charge is 0.157 e. The minimum Gasteiger partial charge on any atom is -0.394 e. The van der Waals surface area contributed by atoms with Gasteiger partial charge in [-0.25, -0.2) is 0 Å². The Morgan fingerprint density at radius 1 is 1.29 bits per heavy atom. The predicted octanol–water partition coefficient (Wildman–Crippen LogP) is -2.41. The van der Waals surface area contributed by atoms with Gasteiger partial charge in [-0.15, -0.1) is 0 Å². The summed E-state index contributed by atoms with van der Waals surface area (Å²) >= 11 is 5.31. The molecule has 1 aliphatic heterocycles. The molecule has 5 N–H and O–H groups in total. The number of aldehydes is 1. The van der Waals surface area contributed by atoms with Gasteiger partial charge in [0, 0.05) is 0 Å². The molecule has 0 spiro atoms. The molecule has 0 aromatic carbocycles. The summed E-state index contributed by atoms with van der Waals surface area (Å²) < 4.78 is 4.68. The molecule has 0 amide bonds. The molecule has 7 nitrogen and oxygen atoms in total. The highest BCUT2D eigenvalue weighted by Gasteiger charge is 2.31. The molecular formula is C9H17ClO7. The van der Waals surface area contributed by atoms with Crippen molar-refractivity contribution < 1.29 is 35.1 Å². The first-order valence-electron chi connectivity index (χ1n) is 4.93. The first-order valence-corrected chi connectivity index (χ1v) is 5.36. The van der Waals surface area contributed by atoms with Crippen LogP contribution in [0.4, 0.5) is 0 Å². The highest BCUT2D eigenvalue weighted by molar-refractivity contribution is 6.21. The van der Waals surface area contributed by atoms with E-state index in [1.165, 1.54) is 0 Å². The van der Waals surface area contributed by atoms with Crippen LogP contribution < -0.4 is 0 Å². The molecule has 1 fully saturated rings. The summed E-state index contributed by atoms with van der Waals surface area (Å²) in [5.74, 6) is 0. The summed E-state index contributed by atoms with van der Waals surface area (Å²) in [5.41, 5.74) is 0.0231. The molecule has 0 aromatic rings. The third kappa shape index (κ3) is 6.27. The molecule has 1 saturated heterocycles. The Bertz CT molecular complexity index is 221. The van der Waals surface area contributed by atoms with Gasteiger partial charge in [0.15, 0.2) is 11.8 Å². The number of carbonyl (C=O) groups excluding carboxylic acids is 1. The van der Waals surface area contributed by atoms with Crippen molar-refractivity contribution in [2.45, 2.75) is 43.0 Å². The maximum absolute atomic E-state index is 9.90. The number of carbonyl (C=O) groups is 1. The molecule has 1 rings (SSSR count). The van der Waals surface area contributed by atoms with Crippen LogP contribution in [0.15, 0.2) is 0 Å². The number of halogens is 1. The van der Waals surface area contributed by atoms with Crippen molar-refractivity contribution in [3.63, 3.8) is 0 Å². The van der Waals surface area contributed by atoms with E-state index in [-0.39, 0.29) is 11.8 Å². The summed E-state index contributed by atoms with van der Waals surface area (Å²) in [6, 6.07) is 0. The molecule has 102 valence electrons. The number of aliphatic hydroxyl groups is 5. The average molecular weight is 273 g/mol. The van der Waals surface area contributed by atoms with Crippen molar-refractivity contribution >= 4 is 17.9 Å². The van der Waals surface area contributed by atoms with Gasteiger partial charge in [-0.1, -0.05) is 11.6 Å². The van der Waals surface area contributed by atoms with Gasteiger partial charge in [-0.2, -0.15) is 0 Å². The lowest BCUT2D eigenvalue weighted by molar-refractivity contribution is -0.136. The number of ether oxygens (including phenoxy) is 1.